The quantitative estimate of drug-likeness (QED) is 0.365. The highest BCUT2D eigenvalue weighted by molar-refractivity contribution is 5.94. The van der Waals surface area contributed by atoms with Crippen LogP contribution < -0.4 is 5.32 Å². The summed E-state index contributed by atoms with van der Waals surface area (Å²) in [4.78, 5) is 12.3. The minimum absolute atomic E-state index is 0.143. The second kappa shape index (κ2) is 9.72. The number of phenolic OH excluding ortho intramolecular Hbond substituents is 1. The number of hydrogen-bond acceptors (Lipinski definition) is 4. The highest BCUT2D eigenvalue weighted by atomic mass is 19.1. The monoisotopic (exact) mass is 493 g/mol. The molecular weight excluding hydrogens is 464 g/mol. The van der Waals surface area contributed by atoms with Crippen LogP contribution in [0.3, 0.4) is 0 Å². The first-order chi connectivity index (χ1) is 17.3. The van der Waals surface area contributed by atoms with Gasteiger partial charge in [0.1, 0.15) is 0 Å². The summed E-state index contributed by atoms with van der Waals surface area (Å²) in [6.45, 7) is 4.63. The summed E-state index contributed by atoms with van der Waals surface area (Å²) in [7, 11) is 0. The normalized spacial score (nSPS) is 18.1. The molecule has 7 nitrogen and oxygen atoms in total. The van der Waals surface area contributed by atoms with E-state index < -0.39 is 23.3 Å². The van der Waals surface area contributed by atoms with Crippen LogP contribution in [0, 0.1) is 17.6 Å². The van der Waals surface area contributed by atoms with Gasteiger partial charge in [0.05, 0.1) is 17.8 Å². The summed E-state index contributed by atoms with van der Waals surface area (Å²) in [6.07, 6.45) is 9.73. The van der Waals surface area contributed by atoms with Gasteiger partial charge in [-0.25, -0.2) is 8.78 Å². The first-order valence-electron chi connectivity index (χ1n) is 12.3. The Balaban J connectivity index is 1.19. The van der Waals surface area contributed by atoms with E-state index in [1.165, 1.54) is 0 Å². The number of benzene rings is 2. The van der Waals surface area contributed by atoms with Gasteiger partial charge in [-0.05, 0) is 69.2 Å². The van der Waals surface area contributed by atoms with E-state index in [-0.39, 0.29) is 17.5 Å². The molecule has 1 amide bonds. The molecule has 0 saturated heterocycles. The Kier molecular flexibility index (Phi) is 6.47. The molecule has 188 valence electrons. The van der Waals surface area contributed by atoms with E-state index >= 15 is 0 Å². The van der Waals surface area contributed by atoms with Crippen LogP contribution in [0.4, 0.5) is 8.78 Å². The zero-order valence-corrected chi connectivity index (χ0v) is 20.3. The number of halogens is 2. The number of aromatic hydroxyl groups is 1. The van der Waals surface area contributed by atoms with Crippen molar-refractivity contribution in [2.45, 2.75) is 51.6 Å². The molecule has 1 fully saturated rings. The van der Waals surface area contributed by atoms with Crippen molar-refractivity contribution in [3.05, 3.63) is 66.1 Å². The highest BCUT2D eigenvalue weighted by Crippen LogP contribution is 2.33. The van der Waals surface area contributed by atoms with Gasteiger partial charge in [0.15, 0.2) is 17.4 Å². The third-order valence-corrected chi connectivity index (χ3v) is 7.01. The van der Waals surface area contributed by atoms with E-state index in [1.54, 1.807) is 0 Å². The fourth-order valence-corrected chi connectivity index (χ4v) is 4.82. The van der Waals surface area contributed by atoms with Crippen LogP contribution in [0.15, 0.2) is 48.9 Å². The Morgan fingerprint density at radius 3 is 2.47 bits per heavy atom. The predicted octanol–water partition coefficient (Wildman–Crippen LogP) is 5.63. The van der Waals surface area contributed by atoms with E-state index in [1.807, 2.05) is 10.9 Å². The zero-order valence-electron chi connectivity index (χ0n) is 20.3. The lowest BCUT2D eigenvalue weighted by Crippen LogP contribution is -2.31. The molecule has 36 heavy (non-hydrogen) atoms. The Bertz CT molecular complexity index is 1380. The summed E-state index contributed by atoms with van der Waals surface area (Å²) < 4.78 is 31.1. The van der Waals surface area contributed by atoms with Gasteiger partial charge in [0.2, 0.25) is 0 Å². The summed E-state index contributed by atoms with van der Waals surface area (Å²) >= 11 is 0. The van der Waals surface area contributed by atoms with Crippen LogP contribution in [-0.2, 0) is 0 Å². The van der Waals surface area contributed by atoms with Gasteiger partial charge in [-0.3, -0.25) is 14.2 Å². The molecule has 0 spiro atoms. The summed E-state index contributed by atoms with van der Waals surface area (Å²) in [5.41, 5.74) is 2.97. The smallest absolute Gasteiger partial charge is 0.251 e. The largest absolute Gasteiger partial charge is 0.503 e. The van der Waals surface area contributed by atoms with Gasteiger partial charge < -0.3 is 10.4 Å². The molecule has 0 radical (unpaired) electrons. The van der Waals surface area contributed by atoms with E-state index in [2.05, 4.69) is 59.5 Å². The second-order valence-electron chi connectivity index (χ2n) is 9.86. The Morgan fingerprint density at radius 1 is 1.08 bits per heavy atom. The maximum absolute atomic E-state index is 13.5. The van der Waals surface area contributed by atoms with Gasteiger partial charge in [-0.15, -0.1) is 0 Å². The minimum atomic E-state index is -1.15. The standard InChI is InChI=1S/C27H29F2N5O2/c1-16(2)33-15-21(13-31-33)18-5-6-19-14-34(32-25(19)11-18)22-7-3-17(4-8-22)12-30-27(36)20-9-23(28)26(35)24(29)10-20/h5-6,9-11,13-17,22,35H,3-4,7-8,12H2,1-2H3,(H,30,36). The molecule has 0 aliphatic heterocycles. The topological polar surface area (TPSA) is 85.0 Å². The number of phenols is 1. The van der Waals surface area contributed by atoms with Crippen molar-refractivity contribution in [3.63, 3.8) is 0 Å². The summed E-state index contributed by atoms with van der Waals surface area (Å²) in [5.74, 6) is -3.64. The number of carbonyl (C=O) groups is 1. The lowest BCUT2D eigenvalue weighted by molar-refractivity contribution is 0.0940. The Morgan fingerprint density at radius 2 is 1.81 bits per heavy atom. The molecule has 2 N–H and O–H groups in total. The minimum Gasteiger partial charge on any atom is -0.503 e. The van der Waals surface area contributed by atoms with Gasteiger partial charge in [0.25, 0.3) is 5.91 Å². The van der Waals surface area contributed by atoms with E-state index in [0.29, 0.717) is 12.6 Å². The number of amides is 1. The molecular formula is C27H29F2N5O2. The first kappa shape index (κ1) is 24.0. The van der Waals surface area contributed by atoms with E-state index in [9.17, 15) is 18.7 Å². The maximum Gasteiger partial charge on any atom is 0.251 e. The van der Waals surface area contributed by atoms with Crippen LogP contribution in [0.5, 0.6) is 5.75 Å². The van der Waals surface area contributed by atoms with Crippen LogP contribution in [0.25, 0.3) is 22.0 Å². The molecule has 9 heteroatoms. The Labute approximate surface area is 207 Å². The summed E-state index contributed by atoms with van der Waals surface area (Å²) in [6, 6.07) is 8.58. The molecule has 1 aliphatic rings. The molecule has 2 heterocycles. The van der Waals surface area contributed by atoms with Gasteiger partial charge in [0, 0.05) is 41.5 Å². The number of fused-ring (bicyclic) bond motifs is 1. The predicted molar refractivity (Wildman–Crippen MR) is 133 cm³/mol. The number of aromatic nitrogens is 4. The Hall–Kier alpha value is -3.75. The van der Waals surface area contributed by atoms with Crippen molar-refractivity contribution in [1.82, 2.24) is 24.9 Å². The van der Waals surface area contributed by atoms with Crippen LogP contribution in [0.2, 0.25) is 0 Å². The molecule has 2 aromatic carbocycles. The van der Waals surface area contributed by atoms with Gasteiger partial charge >= 0.3 is 0 Å². The zero-order chi connectivity index (χ0) is 25.4. The van der Waals surface area contributed by atoms with Gasteiger partial charge in [-0.2, -0.15) is 10.2 Å². The number of nitrogens with zero attached hydrogens (tertiary/aromatic N) is 4. The number of nitrogens with one attached hydrogen (secondary N) is 1. The molecule has 4 aromatic rings. The molecule has 2 aromatic heterocycles. The van der Waals surface area contributed by atoms with Crippen molar-refractivity contribution >= 4 is 16.8 Å². The van der Waals surface area contributed by atoms with Crippen LogP contribution in [-0.4, -0.2) is 37.1 Å². The fraction of sp³-hybridized carbons (Fsp3) is 0.370. The van der Waals surface area contributed by atoms with Crippen molar-refractivity contribution in [2.75, 3.05) is 6.54 Å². The number of rotatable bonds is 6. The van der Waals surface area contributed by atoms with Crippen molar-refractivity contribution < 1.29 is 18.7 Å². The van der Waals surface area contributed by atoms with Gasteiger partial charge in [-0.1, -0.05) is 12.1 Å². The van der Waals surface area contributed by atoms with Crippen LogP contribution in [0.1, 0.15) is 62.0 Å². The van der Waals surface area contributed by atoms with Crippen LogP contribution >= 0.6 is 0 Å². The van der Waals surface area contributed by atoms with E-state index in [4.69, 9.17) is 5.10 Å². The number of carbonyl (C=O) groups excluding carboxylic acids is 1. The average Bonchev–Trinajstić information content (AvgIpc) is 3.53. The van der Waals surface area contributed by atoms with Crippen molar-refractivity contribution in [3.8, 4) is 16.9 Å². The fourth-order valence-electron chi connectivity index (χ4n) is 4.82. The van der Waals surface area contributed by atoms with E-state index in [0.717, 1.165) is 59.8 Å². The molecule has 0 bridgehead atoms. The molecule has 1 saturated carbocycles. The molecule has 0 atom stereocenters. The lowest BCUT2D eigenvalue weighted by atomic mass is 9.86. The summed E-state index contributed by atoms with van der Waals surface area (Å²) in [5, 5.41) is 22.4. The number of hydrogen-bond donors (Lipinski definition) is 2. The molecule has 5 rings (SSSR count). The van der Waals surface area contributed by atoms with Crippen molar-refractivity contribution in [2.24, 2.45) is 5.92 Å². The third kappa shape index (κ3) is 4.82. The highest BCUT2D eigenvalue weighted by Gasteiger charge is 2.24. The maximum atomic E-state index is 13.5. The SMILES string of the molecule is CC(C)n1cc(-c2ccc3cn(C4CCC(CNC(=O)c5cc(F)c(O)c(F)c5)CC4)nc3c2)cn1. The molecule has 0 unspecified atom stereocenters. The molecule has 1 aliphatic carbocycles. The lowest BCUT2D eigenvalue weighted by Gasteiger charge is -2.28. The first-order valence-corrected chi connectivity index (χ1v) is 12.3. The van der Waals surface area contributed by atoms with Crippen molar-refractivity contribution in [1.29, 1.82) is 0 Å². The second-order valence-corrected chi connectivity index (χ2v) is 9.86. The third-order valence-electron chi connectivity index (χ3n) is 7.01. The average molecular weight is 494 g/mol.